The molecular weight excluding hydrogens is 406 g/mol. The first kappa shape index (κ1) is 21.5. The van der Waals surface area contributed by atoms with Gasteiger partial charge in [-0.1, -0.05) is 24.3 Å². The number of ether oxygens (including phenoxy) is 2. The van der Waals surface area contributed by atoms with Crippen LogP contribution in [0.25, 0.3) is 0 Å². The van der Waals surface area contributed by atoms with Crippen LogP contribution in [0.1, 0.15) is 33.4 Å². The fourth-order valence-corrected chi connectivity index (χ4v) is 4.35. The molecule has 1 N–H and O–H groups in total. The van der Waals surface area contributed by atoms with Gasteiger partial charge in [-0.15, -0.1) is 0 Å². The Kier molecular flexibility index (Phi) is 6.16. The number of carbonyl (C=O) groups is 2. The van der Waals surface area contributed by atoms with E-state index in [1.165, 1.54) is 0 Å². The van der Waals surface area contributed by atoms with Crippen molar-refractivity contribution in [1.29, 1.82) is 0 Å². The fourth-order valence-electron chi connectivity index (χ4n) is 4.35. The molecule has 1 aliphatic heterocycles. The molecule has 0 aliphatic carbocycles. The van der Waals surface area contributed by atoms with Crippen molar-refractivity contribution in [2.45, 2.75) is 18.5 Å². The highest BCUT2D eigenvalue weighted by molar-refractivity contribution is 6.01. The van der Waals surface area contributed by atoms with Crippen molar-refractivity contribution >= 4 is 11.8 Å². The number of fused-ring (bicyclic) bond motifs is 1. The van der Waals surface area contributed by atoms with Crippen LogP contribution in [0.5, 0.6) is 11.5 Å². The van der Waals surface area contributed by atoms with Gasteiger partial charge in [0.05, 0.1) is 26.2 Å². The molecule has 166 valence electrons. The largest absolute Gasteiger partial charge is 0.493 e. The van der Waals surface area contributed by atoms with Crippen LogP contribution in [-0.4, -0.2) is 49.1 Å². The standard InChI is InChI=1S/C25H27N3O4/c1-27-23(17-10-11-20(31-2)21(16-17)32-3)22(18-8-4-5-9-19(18)25(27)30)24(29)26-12-15-28-13-6-7-14-28/h4-11,13-14,16,22-23H,12,15H2,1-3H3,(H,26,29)/t22-,23+/m1/s1. The minimum absolute atomic E-state index is 0.114. The summed E-state index contributed by atoms with van der Waals surface area (Å²) in [6.07, 6.45) is 3.92. The van der Waals surface area contributed by atoms with Gasteiger partial charge in [0, 0.05) is 38.1 Å². The number of hydrogen-bond donors (Lipinski definition) is 1. The summed E-state index contributed by atoms with van der Waals surface area (Å²) in [5.41, 5.74) is 2.09. The van der Waals surface area contributed by atoms with Gasteiger partial charge >= 0.3 is 0 Å². The molecule has 2 heterocycles. The van der Waals surface area contributed by atoms with Gasteiger partial charge in [-0.05, 0) is 41.5 Å². The normalized spacial score (nSPS) is 17.6. The van der Waals surface area contributed by atoms with Crippen molar-refractivity contribution in [2.24, 2.45) is 0 Å². The molecule has 0 fully saturated rings. The van der Waals surface area contributed by atoms with Crippen molar-refractivity contribution in [3.05, 3.63) is 83.7 Å². The van der Waals surface area contributed by atoms with Gasteiger partial charge in [-0.3, -0.25) is 9.59 Å². The van der Waals surface area contributed by atoms with Crippen LogP contribution in [0.15, 0.2) is 67.0 Å². The molecule has 2 aromatic carbocycles. The van der Waals surface area contributed by atoms with E-state index in [0.29, 0.717) is 30.2 Å². The van der Waals surface area contributed by atoms with E-state index in [1.807, 2.05) is 59.4 Å². The van der Waals surface area contributed by atoms with Crippen LogP contribution in [0, 0.1) is 0 Å². The van der Waals surface area contributed by atoms with Gasteiger partial charge < -0.3 is 24.3 Å². The Morgan fingerprint density at radius 3 is 2.44 bits per heavy atom. The maximum absolute atomic E-state index is 13.5. The lowest BCUT2D eigenvalue weighted by Gasteiger charge is -2.40. The average molecular weight is 434 g/mol. The summed E-state index contributed by atoms with van der Waals surface area (Å²) < 4.78 is 12.8. The Bertz CT molecular complexity index is 1110. The van der Waals surface area contributed by atoms with Gasteiger partial charge in [0.25, 0.3) is 5.91 Å². The number of hydrogen-bond acceptors (Lipinski definition) is 4. The number of amides is 2. The third-order valence-electron chi connectivity index (χ3n) is 5.95. The number of rotatable bonds is 7. The van der Waals surface area contributed by atoms with Gasteiger partial charge in [0.15, 0.2) is 11.5 Å². The van der Waals surface area contributed by atoms with Gasteiger partial charge in [0.2, 0.25) is 5.91 Å². The van der Waals surface area contributed by atoms with Crippen LogP contribution in [0.4, 0.5) is 0 Å². The highest BCUT2D eigenvalue weighted by Crippen LogP contribution is 2.43. The first-order valence-corrected chi connectivity index (χ1v) is 10.5. The van der Waals surface area contributed by atoms with E-state index >= 15 is 0 Å². The van der Waals surface area contributed by atoms with E-state index in [-0.39, 0.29) is 11.8 Å². The Morgan fingerprint density at radius 1 is 1.00 bits per heavy atom. The van der Waals surface area contributed by atoms with Crippen LogP contribution < -0.4 is 14.8 Å². The number of nitrogens with zero attached hydrogens (tertiary/aromatic N) is 2. The SMILES string of the molecule is COc1ccc([C@H]2[C@H](C(=O)NCCn3cccc3)c3ccccc3C(=O)N2C)cc1OC. The Balaban J connectivity index is 1.71. The van der Waals surface area contributed by atoms with Gasteiger partial charge in [-0.25, -0.2) is 0 Å². The zero-order valence-electron chi connectivity index (χ0n) is 18.4. The van der Waals surface area contributed by atoms with E-state index in [1.54, 1.807) is 38.3 Å². The molecule has 2 atom stereocenters. The third kappa shape index (κ3) is 3.93. The van der Waals surface area contributed by atoms with Crippen molar-refractivity contribution in [3.63, 3.8) is 0 Å². The minimum Gasteiger partial charge on any atom is -0.493 e. The number of benzene rings is 2. The number of carbonyl (C=O) groups excluding carboxylic acids is 2. The molecule has 1 aromatic heterocycles. The zero-order valence-corrected chi connectivity index (χ0v) is 18.4. The minimum atomic E-state index is -0.559. The zero-order chi connectivity index (χ0) is 22.7. The number of likely N-dealkylation sites (N-methyl/N-ethyl adjacent to an activating group) is 1. The van der Waals surface area contributed by atoms with E-state index in [0.717, 1.165) is 11.1 Å². The fraction of sp³-hybridized carbons (Fsp3) is 0.280. The first-order valence-electron chi connectivity index (χ1n) is 10.5. The quantitative estimate of drug-likeness (QED) is 0.621. The van der Waals surface area contributed by atoms with Crippen molar-refractivity contribution in [1.82, 2.24) is 14.8 Å². The predicted molar refractivity (Wildman–Crippen MR) is 121 cm³/mol. The summed E-state index contributed by atoms with van der Waals surface area (Å²) in [5, 5.41) is 3.06. The Labute approximate surface area is 187 Å². The molecule has 32 heavy (non-hydrogen) atoms. The van der Waals surface area contributed by atoms with E-state index in [4.69, 9.17) is 9.47 Å². The van der Waals surface area contributed by atoms with Crippen LogP contribution in [-0.2, 0) is 11.3 Å². The van der Waals surface area contributed by atoms with Crippen LogP contribution in [0.2, 0.25) is 0 Å². The van der Waals surface area contributed by atoms with Crippen molar-refractivity contribution in [3.8, 4) is 11.5 Å². The predicted octanol–water partition coefficient (Wildman–Crippen LogP) is 3.23. The van der Waals surface area contributed by atoms with Gasteiger partial charge in [-0.2, -0.15) is 0 Å². The average Bonchev–Trinajstić information content (AvgIpc) is 3.34. The number of nitrogens with one attached hydrogen (secondary N) is 1. The molecular formula is C25H27N3O4. The monoisotopic (exact) mass is 433 g/mol. The number of aromatic nitrogens is 1. The van der Waals surface area contributed by atoms with Crippen LogP contribution >= 0.6 is 0 Å². The highest BCUT2D eigenvalue weighted by atomic mass is 16.5. The summed E-state index contributed by atoms with van der Waals surface area (Å²) >= 11 is 0. The summed E-state index contributed by atoms with van der Waals surface area (Å²) in [6, 6.07) is 16.3. The lowest BCUT2D eigenvalue weighted by Crippen LogP contribution is -2.46. The van der Waals surface area contributed by atoms with Gasteiger partial charge in [0.1, 0.15) is 0 Å². The van der Waals surface area contributed by atoms with E-state index in [9.17, 15) is 9.59 Å². The van der Waals surface area contributed by atoms with E-state index in [2.05, 4.69) is 5.32 Å². The smallest absolute Gasteiger partial charge is 0.254 e. The highest BCUT2D eigenvalue weighted by Gasteiger charge is 2.42. The molecule has 0 spiro atoms. The van der Waals surface area contributed by atoms with E-state index < -0.39 is 12.0 Å². The number of methoxy groups -OCH3 is 2. The molecule has 2 amide bonds. The molecule has 0 saturated carbocycles. The Hall–Kier alpha value is -3.74. The topological polar surface area (TPSA) is 72.8 Å². The summed E-state index contributed by atoms with van der Waals surface area (Å²) in [4.78, 5) is 28.3. The molecule has 4 rings (SSSR count). The molecule has 3 aromatic rings. The second-order valence-corrected chi connectivity index (χ2v) is 7.75. The van der Waals surface area contributed by atoms with Crippen LogP contribution in [0.3, 0.4) is 0 Å². The second-order valence-electron chi connectivity index (χ2n) is 7.75. The lowest BCUT2D eigenvalue weighted by atomic mass is 9.79. The summed E-state index contributed by atoms with van der Waals surface area (Å²) in [6.45, 7) is 1.16. The summed E-state index contributed by atoms with van der Waals surface area (Å²) in [5.74, 6) is 0.350. The maximum atomic E-state index is 13.5. The molecule has 7 nitrogen and oxygen atoms in total. The molecule has 0 radical (unpaired) electrons. The molecule has 0 bridgehead atoms. The third-order valence-corrected chi connectivity index (χ3v) is 5.95. The molecule has 1 aliphatic rings. The maximum Gasteiger partial charge on any atom is 0.254 e. The Morgan fingerprint density at radius 2 is 1.72 bits per heavy atom. The first-order chi connectivity index (χ1) is 15.5. The van der Waals surface area contributed by atoms with Crippen molar-refractivity contribution < 1.29 is 19.1 Å². The summed E-state index contributed by atoms with van der Waals surface area (Å²) in [7, 11) is 4.88. The molecule has 7 heteroatoms. The van der Waals surface area contributed by atoms with Crippen molar-refractivity contribution in [2.75, 3.05) is 27.8 Å². The molecule has 0 unspecified atom stereocenters. The molecule has 0 saturated heterocycles. The lowest BCUT2D eigenvalue weighted by molar-refractivity contribution is -0.124. The second kappa shape index (κ2) is 9.18.